The Balaban J connectivity index is 1.16. The van der Waals surface area contributed by atoms with Crippen molar-refractivity contribution in [3.8, 4) is 17.0 Å². The molecule has 0 spiro atoms. The molecule has 2 aromatic carbocycles. The molecule has 1 saturated heterocycles. The van der Waals surface area contributed by atoms with Gasteiger partial charge in [-0.2, -0.15) is 5.10 Å². The zero-order valence-corrected chi connectivity index (χ0v) is 22.7. The molecule has 0 bridgehead atoms. The molecule has 1 aliphatic rings. The normalized spacial score (nSPS) is 14.3. The molecule has 0 saturated carbocycles. The summed E-state index contributed by atoms with van der Waals surface area (Å²) in [4.78, 5) is 19.8. The highest BCUT2D eigenvalue weighted by atomic mass is 16.5. The van der Waals surface area contributed by atoms with Crippen molar-refractivity contribution in [1.82, 2.24) is 24.6 Å². The van der Waals surface area contributed by atoms with Gasteiger partial charge in [0.25, 0.3) is 5.91 Å². The molecule has 0 atom stereocenters. The maximum absolute atomic E-state index is 13.1. The number of benzene rings is 2. The van der Waals surface area contributed by atoms with Gasteiger partial charge in [0, 0.05) is 42.0 Å². The third-order valence-corrected chi connectivity index (χ3v) is 7.48. The first-order valence-electron chi connectivity index (χ1n) is 13.5. The predicted octanol–water partition coefficient (Wildman–Crippen LogP) is 5.24. The molecule has 40 heavy (non-hydrogen) atoms. The van der Waals surface area contributed by atoms with Crippen molar-refractivity contribution < 1.29 is 9.53 Å². The van der Waals surface area contributed by atoms with Gasteiger partial charge in [-0.25, -0.2) is 4.98 Å². The largest absolute Gasteiger partial charge is 0.494 e. The fourth-order valence-corrected chi connectivity index (χ4v) is 5.22. The van der Waals surface area contributed by atoms with Gasteiger partial charge in [0.1, 0.15) is 0 Å². The third kappa shape index (κ3) is 5.55. The molecule has 0 unspecified atom stereocenters. The fourth-order valence-electron chi connectivity index (χ4n) is 5.22. The predicted molar refractivity (Wildman–Crippen MR) is 158 cm³/mol. The molecule has 5 aromatic rings. The van der Waals surface area contributed by atoms with Crippen LogP contribution in [0.2, 0.25) is 0 Å². The molecule has 0 radical (unpaired) electrons. The Morgan fingerprint density at radius 2 is 1.90 bits per heavy atom. The summed E-state index contributed by atoms with van der Waals surface area (Å²) in [5.74, 6) is 0.445. The summed E-state index contributed by atoms with van der Waals surface area (Å²) in [5, 5.41) is 14.9. The Bertz CT molecular complexity index is 1620. The van der Waals surface area contributed by atoms with E-state index in [-0.39, 0.29) is 11.6 Å². The van der Waals surface area contributed by atoms with Crippen LogP contribution in [0, 0.1) is 0 Å². The van der Waals surface area contributed by atoms with E-state index in [1.165, 1.54) is 10.9 Å². The van der Waals surface area contributed by atoms with Crippen molar-refractivity contribution in [1.29, 1.82) is 0 Å². The number of hydrogen-bond acceptors (Lipinski definition) is 6. The Morgan fingerprint density at radius 1 is 1.07 bits per heavy atom. The Hall–Kier alpha value is -4.63. The van der Waals surface area contributed by atoms with Crippen molar-refractivity contribution in [2.75, 3.05) is 37.9 Å². The van der Waals surface area contributed by atoms with Gasteiger partial charge in [0.15, 0.2) is 17.3 Å². The van der Waals surface area contributed by atoms with Gasteiger partial charge in [-0.1, -0.05) is 42.5 Å². The average Bonchev–Trinajstić information content (AvgIpc) is 3.61. The minimum atomic E-state index is -0.382. The van der Waals surface area contributed by atoms with E-state index in [2.05, 4.69) is 97.1 Å². The lowest BCUT2D eigenvalue weighted by Crippen LogP contribution is -2.36. The number of aromatic nitrogens is 4. The molecular formula is C31H33N7O2. The van der Waals surface area contributed by atoms with E-state index >= 15 is 0 Å². The van der Waals surface area contributed by atoms with E-state index in [0.717, 1.165) is 54.9 Å². The zero-order valence-electron chi connectivity index (χ0n) is 22.7. The van der Waals surface area contributed by atoms with Gasteiger partial charge >= 0.3 is 0 Å². The topological polar surface area (TPSA) is 100 Å². The van der Waals surface area contributed by atoms with Gasteiger partial charge in [-0.15, -0.1) is 0 Å². The van der Waals surface area contributed by atoms with E-state index in [9.17, 15) is 4.79 Å². The molecule has 4 heterocycles. The lowest BCUT2D eigenvalue weighted by Gasteiger charge is -2.30. The number of likely N-dealkylation sites (tertiary alicyclic amines) is 1. The molecule has 9 nitrogen and oxygen atoms in total. The van der Waals surface area contributed by atoms with Crippen LogP contribution in [0.5, 0.6) is 5.75 Å². The number of anilines is 2. The summed E-state index contributed by atoms with van der Waals surface area (Å²) in [6, 6.07) is 22.8. The molecule has 3 aromatic heterocycles. The SMILES string of the molecule is COc1cc(NC2CCN(C)CC2)cnc1C(=O)Nc1cc(-c2ccc3ccn(Cc4ccccc4)c3c2)[nH]n1. The number of nitrogens with zero attached hydrogens (tertiary/aromatic N) is 4. The second-order valence-electron chi connectivity index (χ2n) is 10.3. The smallest absolute Gasteiger partial charge is 0.279 e. The number of rotatable bonds is 8. The van der Waals surface area contributed by atoms with E-state index in [1.807, 2.05) is 18.2 Å². The molecule has 1 aliphatic heterocycles. The van der Waals surface area contributed by atoms with Gasteiger partial charge in [-0.05, 0) is 56.1 Å². The first kappa shape index (κ1) is 25.6. The molecule has 204 valence electrons. The number of amides is 1. The average molecular weight is 536 g/mol. The third-order valence-electron chi connectivity index (χ3n) is 7.48. The number of carbonyl (C=O) groups excluding carboxylic acids is 1. The molecule has 9 heteroatoms. The second kappa shape index (κ2) is 11.2. The van der Waals surface area contributed by atoms with Gasteiger partial charge < -0.3 is 24.8 Å². The first-order valence-corrected chi connectivity index (χ1v) is 13.5. The van der Waals surface area contributed by atoms with Crippen LogP contribution in [-0.2, 0) is 6.54 Å². The van der Waals surface area contributed by atoms with Crippen molar-refractivity contribution in [2.24, 2.45) is 0 Å². The zero-order chi connectivity index (χ0) is 27.5. The van der Waals surface area contributed by atoms with Crippen LogP contribution < -0.4 is 15.4 Å². The standard InChI is InChI=1S/C31H33N7O2/c1-37-13-11-24(12-14-37)33-25-17-28(40-2)30(32-19-25)31(39)34-29-18-26(35-36-29)23-9-8-22-10-15-38(27(22)16-23)20-21-6-4-3-5-7-21/h3-10,15-19,24,33H,11-14,20H2,1-2H3,(H2,34,35,36,39). The van der Waals surface area contributed by atoms with Crippen LogP contribution in [0.1, 0.15) is 28.9 Å². The molecule has 3 N–H and O–H groups in total. The maximum atomic E-state index is 13.1. The van der Waals surface area contributed by atoms with E-state index in [1.54, 1.807) is 13.3 Å². The van der Waals surface area contributed by atoms with Crippen LogP contribution in [0.25, 0.3) is 22.2 Å². The van der Waals surface area contributed by atoms with Gasteiger partial charge in [0.05, 0.1) is 24.7 Å². The van der Waals surface area contributed by atoms with Crippen LogP contribution in [0.3, 0.4) is 0 Å². The number of carbonyl (C=O) groups is 1. The van der Waals surface area contributed by atoms with E-state index < -0.39 is 0 Å². The molecule has 1 amide bonds. The molecule has 6 rings (SSSR count). The molecular weight excluding hydrogens is 502 g/mol. The van der Waals surface area contributed by atoms with E-state index in [4.69, 9.17) is 4.74 Å². The van der Waals surface area contributed by atoms with Crippen LogP contribution >= 0.6 is 0 Å². The Morgan fingerprint density at radius 3 is 2.70 bits per heavy atom. The minimum absolute atomic E-state index is 0.209. The van der Waals surface area contributed by atoms with Crippen LogP contribution in [0.15, 0.2) is 79.1 Å². The number of nitrogens with one attached hydrogen (secondary N) is 3. The first-order chi connectivity index (χ1) is 19.6. The maximum Gasteiger partial charge on any atom is 0.279 e. The highest BCUT2D eigenvalue weighted by Crippen LogP contribution is 2.27. The number of H-pyrrole nitrogens is 1. The highest BCUT2D eigenvalue weighted by Gasteiger charge is 2.20. The van der Waals surface area contributed by atoms with Crippen molar-refractivity contribution >= 4 is 28.3 Å². The number of ether oxygens (including phenoxy) is 1. The number of hydrogen-bond donors (Lipinski definition) is 3. The van der Waals surface area contributed by atoms with E-state index in [0.29, 0.717) is 17.6 Å². The van der Waals surface area contributed by atoms with Crippen molar-refractivity contribution in [3.05, 3.63) is 90.4 Å². The summed E-state index contributed by atoms with van der Waals surface area (Å²) in [5.41, 5.74) is 5.21. The summed E-state index contributed by atoms with van der Waals surface area (Å²) in [6.07, 6.45) is 5.92. The monoisotopic (exact) mass is 535 g/mol. The number of pyridine rings is 1. The summed E-state index contributed by atoms with van der Waals surface area (Å²) in [7, 11) is 3.68. The lowest BCUT2D eigenvalue weighted by molar-refractivity contribution is 0.101. The Labute approximate surface area is 233 Å². The fraction of sp³-hybridized carbons (Fsp3) is 0.258. The van der Waals surface area contributed by atoms with Crippen molar-refractivity contribution in [3.63, 3.8) is 0 Å². The van der Waals surface area contributed by atoms with Crippen molar-refractivity contribution in [2.45, 2.75) is 25.4 Å². The summed E-state index contributed by atoms with van der Waals surface area (Å²) >= 11 is 0. The lowest BCUT2D eigenvalue weighted by atomic mass is 10.1. The number of piperidine rings is 1. The number of methoxy groups -OCH3 is 1. The summed E-state index contributed by atoms with van der Waals surface area (Å²) < 4.78 is 7.74. The van der Waals surface area contributed by atoms with Gasteiger partial charge in [-0.3, -0.25) is 9.89 Å². The molecule has 0 aliphatic carbocycles. The number of fused-ring (bicyclic) bond motifs is 1. The van der Waals surface area contributed by atoms with Gasteiger partial charge in [0.2, 0.25) is 0 Å². The molecule has 1 fully saturated rings. The summed E-state index contributed by atoms with van der Waals surface area (Å²) in [6.45, 7) is 2.91. The van der Waals surface area contributed by atoms with Crippen LogP contribution in [0.4, 0.5) is 11.5 Å². The second-order valence-corrected chi connectivity index (χ2v) is 10.3. The number of aromatic amines is 1. The highest BCUT2D eigenvalue weighted by molar-refractivity contribution is 6.04. The quantitative estimate of drug-likeness (QED) is 0.251. The minimum Gasteiger partial charge on any atom is -0.494 e. The Kier molecular flexibility index (Phi) is 7.20. The van der Waals surface area contributed by atoms with Crippen LogP contribution in [-0.4, -0.2) is 63.8 Å².